The average Bonchev–Trinajstić information content (AvgIpc) is 3.21. The number of imidazole rings is 1. The van der Waals surface area contributed by atoms with Crippen molar-refractivity contribution in [1.82, 2.24) is 29.7 Å². The Labute approximate surface area is 198 Å². The van der Waals surface area contributed by atoms with Crippen molar-refractivity contribution in [3.8, 4) is 0 Å². The van der Waals surface area contributed by atoms with Crippen LogP contribution >= 0.6 is 0 Å². The molecule has 2 aromatic heterocycles. The van der Waals surface area contributed by atoms with Gasteiger partial charge in [0.15, 0.2) is 5.92 Å². The summed E-state index contributed by atoms with van der Waals surface area (Å²) in [5.74, 6) is -2.92. The Kier molecular flexibility index (Phi) is 6.98. The minimum Gasteiger partial charge on any atom is -0.369 e. The van der Waals surface area contributed by atoms with Gasteiger partial charge in [-0.25, -0.2) is 15.0 Å². The third-order valence-corrected chi connectivity index (χ3v) is 5.82. The van der Waals surface area contributed by atoms with Crippen LogP contribution < -0.4 is 11.1 Å². The molecule has 1 saturated heterocycles. The van der Waals surface area contributed by atoms with Crippen molar-refractivity contribution in [1.29, 1.82) is 0 Å². The summed E-state index contributed by atoms with van der Waals surface area (Å²) < 4.78 is 39.2. The van der Waals surface area contributed by atoms with E-state index in [2.05, 4.69) is 42.1 Å². The third kappa shape index (κ3) is 5.92. The number of carbonyl (C=O) groups is 2. The fourth-order valence-corrected chi connectivity index (χ4v) is 3.85. The molecule has 0 spiro atoms. The van der Waals surface area contributed by atoms with E-state index in [0.717, 1.165) is 32.4 Å². The van der Waals surface area contributed by atoms with Crippen LogP contribution in [-0.4, -0.2) is 81.3 Å². The van der Waals surface area contributed by atoms with E-state index < -0.39 is 29.5 Å². The highest BCUT2D eigenvalue weighted by atomic mass is 19.4. The molecule has 1 aromatic carbocycles. The second-order valence-corrected chi connectivity index (χ2v) is 8.43. The van der Waals surface area contributed by atoms with Crippen LogP contribution in [0.25, 0.3) is 11.0 Å². The number of halogens is 3. The van der Waals surface area contributed by atoms with E-state index in [1.807, 2.05) is 0 Å². The molecule has 1 fully saturated rings. The number of benzene rings is 1. The number of anilines is 1. The molecular weight excluding hydrogens is 465 g/mol. The number of piperazine rings is 1. The summed E-state index contributed by atoms with van der Waals surface area (Å²) in [6.45, 7) is 4.44. The molecule has 10 nitrogen and oxygen atoms in total. The lowest BCUT2D eigenvalue weighted by Gasteiger charge is -2.32. The monoisotopic (exact) mass is 490 g/mol. The zero-order valence-electron chi connectivity index (χ0n) is 19.0. The van der Waals surface area contributed by atoms with Gasteiger partial charge in [0.2, 0.25) is 11.8 Å². The Hall–Kier alpha value is -3.58. The van der Waals surface area contributed by atoms with Crippen LogP contribution in [0.3, 0.4) is 0 Å². The number of nitrogens with two attached hydrogens (primary N) is 1. The highest BCUT2D eigenvalue weighted by Crippen LogP contribution is 2.29. The summed E-state index contributed by atoms with van der Waals surface area (Å²) in [7, 11) is 2.07. The molecule has 3 aromatic rings. The van der Waals surface area contributed by atoms with Crippen molar-refractivity contribution in [2.24, 2.45) is 5.73 Å². The first kappa shape index (κ1) is 24.5. The topological polar surface area (TPSA) is 133 Å². The van der Waals surface area contributed by atoms with Crippen molar-refractivity contribution in [2.45, 2.75) is 18.5 Å². The van der Waals surface area contributed by atoms with E-state index in [9.17, 15) is 22.8 Å². The first-order chi connectivity index (χ1) is 16.6. The molecule has 186 valence electrons. The molecule has 1 aliphatic heterocycles. The lowest BCUT2D eigenvalue weighted by molar-refractivity contribution is -0.141. The number of H-pyrrole nitrogens is 1. The normalized spacial score (nSPS) is 16.3. The van der Waals surface area contributed by atoms with E-state index in [-0.39, 0.29) is 11.7 Å². The third-order valence-electron chi connectivity index (χ3n) is 5.82. The largest absolute Gasteiger partial charge is 0.433 e. The number of rotatable bonds is 7. The Morgan fingerprint density at radius 1 is 1.17 bits per heavy atom. The predicted octanol–water partition coefficient (Wildman–Crippen LogP) is 1.56. The quantitative estimate of drug-likeness (QED) is 0.458. The number of hydrogen-bond acceptors (Lipinski definition) is 7. The first-order valence-electron chi connectivity index (χ1n) is 11.0. The van der Waals surface area contributed by atoms with Crippen LogP contribution in [0.2, 0.25) is 0 Å². The molecule has 3 heterocycles. The number of aromatic nitrogens is 4. The zero-order valence-corrected chi connectivity index (χ0v) is 19.0. The number of likely N-dealkylation sites (N-methyl/N-ethyl adjacent to an activating group) is 1. The van der Waals surface area contributed by atoms with Crippen LogP contribution in [0.5, 0.6) is 0 Å². The number of fused-ring (bicyclic) bond motifs is 1. The number of nitrogens with zero attached hydrogens (tertiary/aromatic N) is 5. The van der Waals surface area contributed by atoms with Crippen molar-refractivity contribution < 1.29 is 22.8 Å². The Morgan fingerprint density at radius 3 is 2.60 bits per heavy atom. The number of carbonyl (C=O) groups excluding carboxylic acids is 2. The summed E-state index contributed by atoms with van der Waals surface area (Å²) in [5.41, 5.74) is 5.69. The molecule has 35 heavy (non-hydrogen) atoms. The molecule has 1 unspecified atom stereocenters. The second kappa shape index (κ2) is 9.96. The van der Waals surface area contributed by atoms with E-state index in [4.69, 9.17) is 5.73 Å². The van der Waals surface area contributed by atoms with E-state index in [1.165, 1.54) is 0 Å². The summed E-state index contributed by atoms with van der Waals surface area (Å²) >= 11 is 0. The fourth-order valence-electron chi connectivity index (χ4n) is 3.85. The van der Waals surface area contributed by atoms with E-state index >= 15 is 0 Å². The van der Waals surface area contributed by atoms with Crippen molar-refractivity contribution in [2.75, 3.05) is 45.1 Å². The maximum atomic E-state index is 13.1. The van der Waals surface area contributed by atoms with Gasteiger partial charge in [0.1, 0.15) is 17.3 Å². The van der Waals surface area contributed by atoms with Crippen LogP contribution in [0.15, 0.2) is 30.5 Å². The van der Waals surface area contributed by atoms with Gasteiger partial charge in [0, 0.05) is 51.0 Å². The van der Waals surface area contributed by atoms with Gasteiger partial charge in [-0.15, -0.1) is 0 Å². The molecule has 4 N–H and O–H groups in total. The van der Waals surface area contributed by atoms with Crippen LogP contribution in [0, 0.1) is 0 Å². The first-order valence-corrected chi connectivity index (χ1v) is 11.0. The predicted molar refractivity (Wildman–Crippen MR) is 121 cm³/mol. The van der Waals surface area contributed by atoms with Gasteiger partial charge in [0.25, 0.3) is 0 Å². The highest BCUT2D eigenvalue weighted by molar-refractivity contribution is 5.93. The van der Waals surface area contributed by atoms with Gasteiger partial charge >= 0.3 is 6.18 Å². The van der Waals surface area contributed by atoms with Crippen LogP contribution in [0.4, 0.5) is 18.9 Å². The van der Waals surface area contributed by atoms with Crippen LogP contribution in [-0.2, 0) is 15.8 Å². The number of alkyl halides is 3. The molecule has 4 rings (SSSR count). The minimum atomic E-state index is -4.70. The number of amides is 2. The molecule has 1 aliphatic rings. The van der Waals surface area contributed by atoms with Crippen molar-refractivity contribution in [3.05, 3.63) is 47.8 Å². The highest BCUT2D eigenvalue weighted by Gasteiger charge is 2.35. The molecule has 0 radical (unpaired) electrons. The smallest absolute Gasteiger partial charge is 0.369 e. The summed E-state index contributed by atoms with van der Waals surface area (Å²) in [4.78, 5) is 43.5. The summed E-state index contributed by atoms with van der Waals surface area (Å²) in [6, 6.07) is 5.61. The molecule has 13 heteroatoms. The van der Waals surface area contributed by atoms with Crippen molar-refractivity contribution >= 4 is 28.5 Å². The van der Waals surface area contributed by atoms with Crippen molar-refractivity contribution in [3.63, 3.8) is 0 Å². The Balaban J connectivity index is 1.48. The standard InChI is InChI=1S/C22H25F3N8O2/c1-32-8-10-33(11-9-32)7-5-17(34)28-13-2-3-14-15(12-13)30-21(29-14)18(19(26)35)20-27-6-4-16(31-20)22(23,24)25/h2-4,6,12,18H,5,7-11H2,1H3,(H2,26,35)(H,28,34)(H,29,30). The lowest BCUT2D eigenvalue weighted by atomic mass is 10.1. The SMILES string of the molecule is CN1CCN(CCC(=O)Nc2ccc3nc(C(C(N)=O)c4nccc(C(F)(F)F)n4)[nH]c3c2)CC1. The lowest BCUT2D eigenvalue weighted by Crippen LogP contribution is -2.45. The van der Waals surface area contributed by atoms with Crippen LogP contribution in [0.1, 0.15) is 29.7 Å². The number of primary amides is 1. The van der Waals surface area contributed by atoms with Gasteiger partial charge in [-0.2, -0.15) is 13.2 Å². The number of aromatic amines is 1. The summed E-state index contributed by atoms with van der Waals surface area (Å²) in [5, 5.41) is 2.83. The maximum Gasteiger partial charge on any atom is 0.433 e. The number of nitrogens with one attached hydrogen (secondary N) is 2. The molecule has 0 bridgehead atoms. The van der Waals surface area contributed by atoms with Gasteiger partial charge in [-0.1, -0.05) is 0 Å². The molecule has 0 aliphatic carbocycles. The zero-order chi connectivity index (χ0) is 25.2. The van der Waals surface area contributed by atoms with Gasteiger partial charge in [-0.3, -0.25) is 9.59 Å². The van der Waals surface area contributed by atoms with E-state index in [1.54, 1.807) is 18.2 Å². The fraction of sp³-hybridized carbons (Fsp3) is 0.409. The number of hydrogen-bond donors (Lipinski definition) is 3. The molecular formula is C22H25F3N8O2. The van der Waals surface area contributed by atoms with Gasteiger partial charge in [0.05, 0.1) is 11.0 Å². The Morgan fingerprint density at radius 2 is 1.91 bits per heavy atom. The maximum absolute atomic E-state index is 13.1. The van der Waals surface area contributed by atoms with Gasteiger partial charge < -0.3 is 25.8 Å². The average molecular weight is 490 g/mol. The Bertz CT molecular complexity index is 1220. The molecule has 2 amide bonds. The molecule has 1 atom stereocenters. The van der Waals surface area contributed by atoms with E-state index in [0.29, 0.717) is 35.8 Å². The van der Waals surface area contributed by atoms with Gasteiger partial charge in [-0.05, 0) is 31.3 Å². The summed E-state index contributed by atoms with van der Waals surface area (Å²) in [6.07, 6.45) is -3.45. The second-order valence-electron chi connectivity index (χ2n) is 8.43. The molecule has 0 saturated carbocycles. The minimum absolute atomic E-state index is 0.00497.